The molecule has 1 N–H and O–H groups in total. The van der Waals surface area contributed by atoms with Crippen LogP contribution in [-0.2, 0) is 4.79 Å². The predicted octanol–water partition coefficient (Wildman–Crippen LogP) is 0.418. The molecular weight excluding hydrogens is 166 g/mol. The largest absolute Gasteiger partial charge is 0.318 e. The molecule has 1 aliphatic heterocycles. The van der Waals surface area contributed by atoms with Crippen molar-refractivity contribution in [3.63, 3.8) is 0 Å². The van der Waals surface area contributed by atoms with Crippen LogP contribution in [0.25, 0.3) is 0 Å². The van der Waals surface area contributed by atoms with E-state index in [1.165, 1.54) is 11.8 Å². The standard InChI is InChI=1S/C7H12F2N2O/c1-4(7(8)9)11-5(2)10-3-6(11)12/h4-5,7,10H,3H2,1-2H3. The van der Waals surface area contributed by atoms with Crippen molar-refractivity contribution >= 4 is 5.91 Å². The van der Waals surface area contributed by atoms with Gasteiger partial charge in [-0.1, -0.05) is 0 Å². The quantitative estimate of drug-likeness (QED) is 0.664. The van der Waals surface area contributed by atoms with Gasteiger partial charge in [-0.15, -0.1) is 0 Å². The summed E-state index contributed by atoms with van der Waals surface area (Å²) in [6.45, 7) is 3.22. The maximum absolute atomic E-state index is 12.2. The molecule has 0 bridgehead atoms. The summed E-state index contributed by atoms with van der Waals surface area (Å²) in [5.74, 6) is -0.254. The third-order valence-electron chi connectivity index (χ3n) is 2.06. The first kappa shape index (κ1) is 9.38. The molecule has 1 fully saturated rings. The number of nitrogens with zero attached hydrogens (tertiary/aromatic N) is 1. The van der Waals surface area contributed by atoms with Crippen molar-refractivity contribution in [1.82, 2.24) is 10.2 Å². The van der Waals surface area contributed by atoms with Crippen LogP contribution in [-0.4, -0.2) is 36.0 Å². The van der Waals surface area contributed by atoms with Gasteiger partial charge in [0.25, 0.3) is 6.43 Å². The van der Waals surface area contributed by atoms with Crippen LogP contribution >= 0.6 is 0 Å². The number of carbonyl (C=O) groups excluding carboxylic acids is 1. The normalized spacial score (nSPS) is 26.9. The molecule has 0 aromatic rings. The van der Waals surface area contributed by atoms with Crippen molar-refractivity contribution in [2.75, 3.05) is 6.54 Å². The molecule has 2 atom stereocenters. The molecule has 12 heavy (non-hydrogen) atoms. The lowest BCUT2D eigenvalue weighted by atomic mass is 10.3. The minimum atomic E-state index is -2.48. The fraction of sp³-hybridized carbons (Fsp3) is 0.857. The van der Waals surface area contributed by atoms with E-state index in [9.17, 15) is 13.6 Å². The number of halogens is 2. The Morgan fingerprint density at radius 1 is 1.67 bits per heavy atom. The fourth-order valence-corrected chi connectivity index (χ4v) is 1.34. The molecule has 1 saturated heterocycles. The Balaban J connectivity index is 2.65. The van der Waals surface area contributed by atoms with E-state index in [2.05, 4.69) is 5.32 Å². The van der Waals surface area contributed by atoms with Crippen molar-refractivity contribution in [2.24, 2.45) is 0 Å². The van der Waals surface area contributed by atoms with Crippen LogP contribution in [0.1, 0.15) is 13.8 Å². The number of hydrogen-bond acceptors (Lipinski definition) is 2. The van der Waals surface area contributed by atoms with E-state index < -0.39 is 12.5 Å². The molecule has 70 valence electrons. The first-order chi connectivity index (χ1) is 5.54. The molecule has 0 aromatic carbocycles. The van der Waals surface area contributed by atoms with Gasteiger partial charge >= 0.3 is 0 Å². The molecule has 3 nitrogen and oxygen atoms in total. The summed E-state index contributed by atoms with van der Waals surface area (Å²) < 4.78 is 24.4. The Labute approximate surface area is 69.7 Å². The molecule has 5 heteroatoms. The second-order valence-electron chi connectivity index (χ2n) is 2.93. The predicted molar refractivity (Wildman–Crippen MR) is 39.8 cm³/mol. The smallest absolute Gasteiger partial charge is 0.258 e. The van der Waals surface area contributed by atoms with Crippen LogP contribution in [0, 0.1) is 0 Å². The van der Waals surface area contributed by atoms with E-state index in [0.717, 1.165) is 0 Å². The Kier molecular flexibility index (Phi) is 2.62. The Morgan fingerprint density at radius 2 is 2.25 bits per heavy atom. The molecule has 1 aliphatic rings. The van der Waals surface area contributed by atoms with E-state index in [4.69, 9.17) is 0 Å². The maximum atomic E-state index is 12.2. The van der Waals surface area contributed by atoms with Crippen LogP contribution in [0.3, 0.4) is 0 Å². The lowest BCUT2D eigenvalue weighted by Crippen LogP contribution is -2.44. The van der Waals surface area contributed by atoms with Gasteiger partial charge in [0.1, 0.15) is 0 Å². The molecule has 0 saturated carbocycles. The van der Waals surface area contributed by atoms with Gasteiger partial charge in [0.2, 0.25) is 5.91 Å². The number of carbonyl (C=O) groups is 1. The lowest BCUT2D eigenvalue weighted by molar-refractivity contribution is -0.133. The SMILES string of the molecule is CC1NCC(=O)N1C(C)C(F)F. The van der Waals surface area contributed by atoms with Gasteiger partial charge < -0.3 is 4.90 Å². The highest BCUT2D eigenvalue weighted by Gasteiger charge is 2.34. The summed E-state index contributed by atoms with van der Waals surface area (Å²) in [7, 11) is 0. The molecule has 1 rings (SSSR count). The van der Waals surface area contributed by atoms with Gasteiger partial charge in [0.15, 0.2) is 0 Å². The van der Waals surface area contributed by atoms with Gasteiger partial charge in [0.05, 0.1) is 18.8 Å². The van der Waals surface area contributed by atoms with Crippen molar-refractivity contribution in [3.05, 3.63) is 0 Å². The second-order valence-corrected chi connectivity index (χ2v) is 2.93. The second kappa shape index (κ2) is 3.35. The summed E-state index contributed by atoms with van der Waals surface area (Å²) in [5.41, 5.74) is 0. The minimum Gasteiger partial charge on any atom is -0.318 e. The minimum absolute atomic E-state index is 0.165. The van der Waals surface area contributed by atoms with Crippen molar-refractivity contribution in [2.45, 2.75) is 32.5 Å². The molecule has 1 amide bonds. The van der Waals surface area contributed by atoms with Crippen LogP contribution in [0.4, 0.5) is 8.78 Å². The number of hydrogen-bond donors (Lipinski definition) is 1. The van der Waals surface area contributed by atoms with E-state index in [1.54, 1.807) is 6.92 Å². The van der Waals surface area contributed by atoms with E-state index >= 15 is 0 Å². The van der Waals surface area contributed by atoms with Crippen molar-refractivity contribution < 1.29 is 13.6 Å². The van der Waals surface area contributed by atoms with E-state index in [-0.39, 0.29) is 18.6 Å². The molecule has 1 heterocycles. The third kappa shape index (κ3) is 1.55. The van der Waals surface area contributed by atoms with Gasteiger partial charge in [0, 0.05) is 0 Å². The highest BCUT2D eigenvalue weighted by Crippen LogP contribution is 2.15. The highest BCUT2D eigenvalue weighted by molar-refractivity contribution is 5.80. The Bertz CT molecular complexity index is 186. The van der Waals surface area contributed by atoms with Crippen LogP contribution in [0.2, 0.25) is 0 Å². The average molecular weight is 178 g/mol. The zero-order valence-corrected chi connectivity index (χ0v) is 7.05. The molecule has 2 unspecified atom stereocenters. The summed E-state index contributed by atoms with van der Waals surface area (Å²) in [4.78, 5) is 12.2. The van der Waals surface area contributed by atoms with Crippen molar-refractivity contribution in [1.29, 1.82) is 0 Å². The van der Waals surface area contributed by atoms with E-state index in [0.29, 0.717) is 0 Å². The zero-order valence-electron chi connectivity index (χ0n) is 7.05. The molecule has 0 aliphatic carbocycles. The average Bonchev–Trinajstić information content (AvgIpc) is 2.30. The van der Waals surface area contributed by atoms with Gasteiger partial charge in [-0.3, -0.25) is 10.1 Å². The summed E-state index contributed by atoms with van der Waals surface area (Å²) in [6, 6.07) is -0.998. The molecular formula is C7H12F2N2O. The third-order valence-corrected chi connectivity index (χ3v) is 2.06. The highest BCUT2D eigenvalue weighted by atomic mass is 19.3. The first-order valence-electron chi connectivity index (χ1n) is 3.86. The summed E-state index contributed by atoms with van der Waals surface area (Å²) in [5, 5.41) is 2.80. The zero-order chi connectivity index (χ0) is 9.30. The molecule has 0 aromatic heterocycles. The van der Waals surface area contributed by atoms with Gasteiger partial charge in [-0.25, -0.2) is 8.78 Å². The number of rotatable bonds is 2. The van der Waals surface area contributed by atoms with Gasteiger partial charge in [-0.05, 0) is 13.8 Å². The maximum Gasteiger partial charge on any atom is 0.258 e. The first-order valence-corrected chi connectivity index (χ1v) is 3.86. The number of alkyl halides is 2. The monoisotopic (exact) mass is 178 g/mol. The van der Waals surface area contributed by atoms with Crippen LogP contribution < -0.4 is 5.32 Å². The fourth-order valence-electron chi connectivity index (χ4n) is 1.34. The van der Waals surface area contributed by atoms with Crippen LogP contribution in [0.15, 0.2) is 0 Å². The number of nitrogens with one attached hydrogen (secondary N) is 1. The van der Waals surface area contributed by atoms with E-state index in [1.807, 2.05) is 0 Å². The van der Waals surface area contributed by atoms with Gasteiger partial charge in [-0.2, -0.15) is 0 Å². The molecule has 0 spiro atoms. The number of amides is 1. The lowest BCUT2D eigenvalue weighted by Gasteiger charge is -2.27. The van der Waals surface area contributed by atoms with Crippen molar-refractivity contribution in [3.8, 4) is 0 Å². The van der Waals surface area contributed by atoms with Crippen LogP contribution in [0.5, 0.6) is 0 Å². The summed E-state index contributed by atoms with van der Waals surface area (Å²) >= 11 is 0. The summed E-state index contributed by atoms with van der Waals surface area (Å²) in [6.07, 6.45) is -2.75. The Hall–Kier alpha value is -0.710. The Morgan fingerprint density at radius 3 is 2.58 bits per heavy atom. The topological polar surface area (TPSA) is 32.3 Å². The molecule has 0 radical (unpaired) electrons.